The minimum absolute atomic E-state index is 0.0383. The summed E-state index contributed by atoms with van der Waals surface area (Å²) in [6.07, 6.45) is 0. The summed E-state index contributed by atoms with van der Waals surface area (Å²) in [7, 11) is 0. The molecule has 0 aromatic heterocycles. The molecule has 0 amide bonds. The van der Waals surface area contributed by atoms with Crippen LogP contribution in [0.25, 0.3) is 11.1 Å². The molecule has 0 spiro atoms. The van der Waals surface area contributed by atoms with Crippen LogP contribution in [-0.4, -0.2) is 0 Å². The number of benzene rings is 4. The van der Waals surface area contributed by atoms with Crippen molar-refractivity contribution in [1.82, 2.24) is 0 Å². The van der Waals surface area contributed by atoms with E-state index in [0.717, 1.165) is 11.4 Å². The third kappa shape index (κ3) is 4.62. The van der Waals surface area contributed by atoms with Gasteiger partial charge in [-0.15, -0.1) is 0 Å². The smallest absolute Gasteiger partial charge is 0.0464 e. The summed E-state index contributed by atoms with van der Waals surface area (Å²) in [5.41, 5.74) is 8.70. The van der Waals surface area contributed by atoms with Gasteiger partial charge in [-0.3, -0.25) is 0 Å². The van der Waals surface area contributed by atoms with Crippen molar-refractivity contribution in [2.45, 2.75) is 45.4 Å². The van der Waals surface area contributed by atoms with E-state index in [1.54, 1.807) is 0 Å². The lowest BCUT2D eigenvalue weighted by molar-refractivity contribution is 0.590. The zero-order valence-electron chi connectivity index (χ0n) is 19.8. The Morgan fingerprint density at radius 2 is 1.06 bits per heavy atom. The molecule has 1 heteroatoms. The Morgan fingerprint density at radius 1 is 0.531 bits per heavy atom. The third-order valence-electron chi connectivity index (χ3n) is 6.35. The van der Waals surface area contributed by atoms with E-state index in [-0.39, 0.29) is 10.8 Å². The van der Waals surface area contributed by atoms with Crippen LogP contribution in [0.5, 0.6) is 0 Å². The molecule has 4 aromatic carbocycles. The van der Waals surface area contributed by atoms with Gasteiger partial charge >= 0.3 is 0 Å². The first-order valence-electron chi connectivity index (χ1n) is 11.4. The van der Waals surface area contributed by atoms with Gasteiger partial charge in [0.15, 0.2) is 0 Å². The van der Waals surface area contributed by atoms with E-state index in [2.05, 4.69) is 143 Å². The van der Waals surface area contributed by atoms with E-state index in [4.69, 9.17) is 0 Å². The molecule has 32 heavy (non-hydrogen) atoms. The topological polar surface area (TPSA) is 12.0 Å². The molecule has 0 saturated heterocycles. The van der Waals surface area contributed by atoms with Crippen molar-refractivity contribution >= 4 is 11.4 Å². The Morgan fingerprint density at radius 3 is 1.66 bits per heavy atom. The summed E-state index contributed by atoms with van der Waals surface area (Å²) in [6, 6.07) is 36.9. The lowest BCUT2D eigenvalue weighted by atomic mass is 9.78. The van der Waals surface area contributed by atoms with Gasteiger partial charge in [-0.25, -0.2) is 0 Å². The molecule has 0 bridgehead atoms. The van der Waals surface area contributed by atoms with Gasteiger partial charge in [-0.2, -0.15) is 0 Å². The van der Waals surface area contributed by atoms with Gasteiger partial charge in [0.05, 0.1) is 0 Å². The minimum Gasteiger partial charge on any atom is -0.355 e. The molecule has 0 aliphatic heterocycles. The largest absolute Gasteiger partial charge is 0.355 e. The van der Waals surface area contributed by atoms with Crippen LogP contribution in [0, 0.1) is 0 Å². The summed E-state index contributed by atoms with van der Waals surface area (Å²) in [5, 5.41) is 3.67. The van der Waals surface area contributed by atoms with E-state index in [1.807, 2.05) is 0 Å². The second-order valence-electron chi connectivity index (χ2n) is 10.1. The van der Waals surface area contributed by atoms with Gasteiger partial charge in [0.25, 0.3) is 0 Å². The van der Waals surface area contributed by atoms with Gasteiger partial charge in [-0.1, -0.05) is 113 Å². The first-order chi connectivity index (χ1) is 15.2. The van der Waals surface area contributed by atoms with Crippen LogP contribution in [0.1, 0.15) is 51.3 Å². The minimum atomic E-state index is -0.0383. The maximum Gasteiger partial charge on any atom is 0.0464 e. The van der Waals surface area contributed by atoms with E-state index >= 15 is 0 Å². The quantitative estimate of drug-likeness (QED) is 0.341. The predicted molar refractivity (Wildman–Crippen MR) is 139 cm³/mol. The van der Waals surface area contributed by atoms with Crippen LogP contribution in [0.15, 0.2) is 103 Å². The molecule has 4 aromatic rings. The molecule has 0 aliphatic carbocycles. The molecular formula is C31H33N. The molecule has 0 fully saturated rings. The molecule has 1 nitrogen and oxygen atoms in total. The lowest BCUT2D eigenvalue weighted by Gasteiger charge is -2.26. The third-order valence-corrected chi connectivity index (χ3v) is 6.35. The second kappa shape index (κ2) is 8.67. The highest BCUT2D eigenvalue weighted by molar-refractivity contribution is 5.81. The molecule has 0 saturated carbocycles. The summed E-state index contributed by atoms with van der Waals surface area (Å²) >= 11 is 0. The highest BCUT2D eigenvalue weighted by Gasteiger charge is 2.22. The monoisotopic (exact) mass is 419 g/mol. The highest BCUT2D eigenvalue weighted by atomic mass is 14.9. The normalized spacial score (nSPS) is 11.9. The summed E-state index contributed by atoms with van der Waals surface area (Å²) in [6.45, 7) is 11.3. The zero-order chi connectivity index (χ0) is 22.8. The maximum atomic E-state index is 3.67. The second-order valence-corrected chi connectivity index (χ2v) is 10.1. The van der Waals surface area contributed by atoms with Crippen molar-refractivity contribution in [3.8, 4) is 11.1 Å². The van der Waals surface area contributed by atoms with E-state index in [1.165, 1.54) is 27.8 Å². The summed E-state index contributed by atoms with van der Waals surface area (Å²) in [4.78, 5) is 0. The molecule has 4 rings (SSSR count). The number of hydrogen-bond acceptors (Lipinski definition) is 1. The number of hydrogen-bond donors (Lipinski definition) is 1. The van der Waals surface area contributed by atoms with Crippen molar-refractivity contribution < 1.29 is 0 Å². The van der Waals surface area contributed by atoms with Crippen molar-refractivity contribution in [1.29, 1.82) is 0 Å². The van der Waals surface area contributed by atoms with E-state index in [9.17, 15) is 0 Å². The first-order valence-corrected chi connectivity index (χ1v) is 11.4. The van der Waals surface area contributed by atoms with Crippen LogP contribution in [0.2, 0.25) is 0 Å². The Labute approximate surface area is 193 Å². The first kappa shape index (κ1) is 21.9. The fourth-order valence-electron chi connectivity index (χ4n) is 4.12. The van der Waals surface area contributed by atoms with Crippen molar-refractivity contribution in [3.05, 3.63) is 120 Å². The molecule has 0 atom stereocenters. The molecule has 0 unspecified atom stereocenters. The Balaban J connectivity index is 1.66. The van der Waals surface area contributed by atoms with Crippen LogP contribution >= 0.6 is 0 Å². The molecule has 0 heterocycles. The number of anilines is 2. The standard InChI is InChI=1S/C31H33N/c1-30(2,3)26-18-21-29(28(22-26)23-12-8-6-9-13-23)32-27-19-16-25(17-20-27)31(4,5)24-14-10-7-11-15-24/h6-22,32H,1-5H3. The average Bonchev–Trinajstić information content (AvgIpc) is 2.80. The fraction of sp³-hybridized carbons (Fsp3) is 0.226. The van der Waals surface area contributed by atoms with Crippen molar-refractivity contribution in [2.75, 3.05) is 5.32 Å². The Bertz CT molecular complexity index is 1160. The van der Waals surface area contributed by atoms with Crippen molar-refractivity contribution in [2.24, 2.45) is 0 Å². The van der Waals surface area contributed by atoms with Crippen LogP contribution in [0.3, 0.4) is 0 Å². The molecule has 0 radical (unpaired) electrons. The molecule has 1 N–H and O–H groups in total. The van der Waals surface area contributed by atoms with Gasteiger partial charge < -0.3 is 5.32 Å². The van der Waals surface area contributed by atoms with Gasteiger partial charge in [-0.05, 0) is 51.9 Å². The maximum absolute atomic E-state index is 3.67. The highest BCUT2D eigenvalue weighted by Crippen LogP contribution is 2.36. The Hall–Kier alpha value is -3.32. The molecule has 0 aliphatic rings. The van der Waals surface area contributed by atoms with E-state index in [0.29, 0.717) is 0 Å². The molecule has 162 valence electrons. The number of nitrogens with one attached hydrogen (secondary N) is 1. The van der Waals surface area contributed by atoms with Gasteiger partial charge in [0.1, 0.15) is 0 Å². The average molecular weight is 420 g/mol. The fourth-order valence-corrected chi connectivity index (χ4v) is 4.12. The SMILES string of the molecule is CC(C)(C)c1ccc(Nc2ccc(C(C)(C)c3ccccc3)cc2)c(-c2ccccc2)c1. The molecular weight excluding hydrogens is 386 g/mol. The summed E-state index contributed by atoms with van der Waals surface area (Å²) < 4.78 is 0. The number of rotatable bonds is 5. The summed E-state index contributed by atoms with van der Waals surface area (Å²) in [5.74, 6) is 0. The van der Waals surface area contributed by atoms with Gasteiger partial charge in [0.2, 0.25) is 0 Å². The van der Waals surface area contributed by atoms with Crippen LogP contribution in [-0.2, 0) is 10.8 Å². The van der Waals surface area contributed by atoms with Crippen molar-refractivity contribution in [3.63, 3.8) is 0 Å². The van der Waals surface area contributed by atoms with Crippen LogP contribution in [0.4, 0.5) is 11.4 Å². The zero-order valence-corrected chi connectivity index (χ0v) is 19.8. The lowest BCUT2D eigenvalue weighted by Crippen LogP contribution is -2.18. The predicted octanol–water partition coefficient (Wildman–Crippen LogP) is 8.72. The van der Waals surface area contributed by atoms with E-state index < -0.39 is 0 Å². The van der Waals surface area contributed by atoms with Gasteiger partial charge in [0, 0.05) is 22.4 Å². The van der Waals surface area contributed by atoms with Crippen LogP contribution < -0.4 is 5.32 Å². The Kier molecular flexibility index (Phi) is 5.93.